The van der Waals surface area contributed by atoms with Gasteiger partial charge in [0.15, 0.2) is 5.82 Å². The van der Waals surface area contributed by atoms with Crippen molar-refractivity contribution in [1.29, 1.82) is 0 Å². The second kappa shape index (κ2) is 7.24. The van der Waals surface area contributed by atoms with Crippen molar-refractivity contribution >= 4 is 34.0 Å². The first kappa shape index (κ1) is 17.3. The number of anilines is 1. The summed E-state index contributed by atoms with van der Waals surface area (Å²) >= 11 is 1.48. The molecule has 4 rings (SSSR count). The smallest absolute Gasteiger partial charge is 0.264 e. The van der Waals surface area contributed by atoms with Crippen LogP contribution in [0.2, 0.25) is 0 Å². The molecule has 27 heavy (non-hydrogen) atoms. The fourth-order valence-corrected chi connectivity index (χ4v) is 3.36. The Labute approximate surface area is 157 Å². The van der Waals surface area contributed by atoms with E-state index in [1.807, 2.05) is 5.38 Å². The summed E-state index contributed by atoms with van der Waals surface area (Å²) < 4.78 is 26.1. The second-order valence-corrected chi connectivity index (χ2v) is 6.63. The lowest BCUT2D eigenvalue weighted by atomic mass is 10.0. The number of aromatic nitrogens is 3. The molecule has 0 radical (unpaired) electrons. The van der Waals surface area contributed by atoms with Gasteiger partial charge < -0.3 is 10.3 Å². The van der Waals surface area contributed by atoms with Crippen LogP contribution in [-0.4, -0.2) is 20.9 Å². The average Bonchev–Trinajstić information content (AvgIpc) is 3.31. The van der Waals surface area contributed by atoms with Crippen LogP contribution in [0.25, 0.3) is 22.6 Å². The Balaban J connectivity index is 1.52. The van der Waals surface area contributed by atoms with E-state index in [-0.39, 0.29) is 17.9 Å². The number of carbonyl (C=O) groups excluding carboxylic acids is 1. The number of nitrogens with one attached hydrogen (secondary N) is 2. The number of carbonyl (C=O) groups is 1. The summed E-state index contributed by atoms with van der Waals surface area (Å²) in [6.45, 7) is 0. The fourth-order valence-electron chi connectivity index (χ4n) is 2.82. The first-order valence-corrected chi connectivity index (χ1v) is 9.08. The minimum Gasteiger partial charge on any atom is -0.337 e. The van der Waals surface area contributed by atoms with Crippen LogP contribution in [0, 0.1) is 0 Å². The van der Waals surface area contributed by atoms with Crippen molar-refractivity contribution in [3.05, 3.63) is 64.5 Å². The van der Waals surface area contributed by atoms with Crippen LogP contribution in [0.4, 0.5) is 14.5 Å². The summed E-state index contributed by atoms with van der Waals surface area (Å²) in [7, 11) is 0. The van der Waals surface area contributed by atoms with Crippen LogP contribution in [0.5, 0.6) is 0 Å². The predicted octanol–water partition coefficient (Wildman–Crippen LogP) is 4.81. The number of alkyl halides is 2. The van der Waals surface area contributed by atoms with E-state index in [1.54, 1.807) is 29.8 Å². The number of H-pyrrole nitrogens is 1. The Morgan fingerprint density at radius 2 is 2.07 bits per heavy atom. The zero-order valence-corrected chi connectivity index (χ0v) is 14.8. The molecule has 0 aliphatic rings. The summed E-state index contributed by atoms with van der Waals surface area (Å²) in [4.78, 5) is 24.2. The molecule has 2 aromatic carbocycles. The third kappa shape index (κ3) is 3.70. The minimum atomic E-state index is -2.61. The van der Waals surface area contributed by atoms with E-state index in [9.17, 15) is 13.6 Å². The molecular formula is C19H14F2N4OS. The van der Waals surface area contributed by atoms with Crippen LogP contribution < -0.4 is 5.32 Å². The highest BCUT2D eigenvalue weighted by molar-refractivity contribution is 7.07. The normalized spacial score (nSPS) is 11.2. The van der Waals surface area contributed by atoms with Crippen molar-refractivity contribution in [3.8, 4) is 11.5 Å². The van der Waals surface area contributed by atoms with Gasteiger partial charge in [-0.1, -0.05) is 24.3 Å². The summed E-state index contributed by atoms with van der Waals surface area (Å²) in [6, 6.07) is 11.3. The van der Waals surface area contributed by atoms with Gasteiger partial charge in [-0.3, -0.25) is 4.79 Å². The highest BCUT2D eigenvalue weighted by Crippen LogP contribution is 2.25. The van der Waals surface area contributed by atoms with E-state index >= 15 is 0 Å². The van der Waals surface area contributed by atoms with E-state index in [0.29, 0.717) is 22.6 Å². The third-order valence-corrected chi connectivity index (χ3v) is 4.67. The number of amides is 1. The zero-order valence-electron chi connectivity index (χ0n) is 13.9. The number of hydrogen-bond acceptors (Lipinski definition) is 4. The van der Waals surface area contributed by atoms with Gasteiger partial charge in [0.1, 0.15) is 5.69 Å². The van der Waals surface area contributed by atoms with Crippen molar-refractivity contribution in [1.82, 2.24) is 15.0 Å². The average molecular weight is 384 g/mol. The topological polar surface area (TPSA) is 70.7 Å². The number of fused-ring (bicyclic) bond motifs is 1. The summed E-state index contributed by atoms with van der Waals surface area (Å²) in [5, 5.41) is 4.63. The molecule has 5 nitrogen and oxygen atoms in total. The van der Waals surface area contributed by atoms with Gasteiger partial charge in [0.2, 0.25) is 5.91 Å². The Morgan fingerprint density at radius 1 is 1.22 bits per heavy atom. The molecule has 0 unspecified atom stereocenters. The van der Waals surface area contributed by atoms with Crippen molar-refractivity contribution < 1.29 is 13.6 Å². The van der Waals surface area contributed by atoms with Crippen molar-refractivity contribution in [2.75, 3.05) is 5.32 Å². The summed E-state index contributed by atoms with van der Waals surface area (Å²) in [6.07, 6.45) is -2.73. The molecule has 0 saturated carbocycles. The maximum absolute atomic E-state index is 13.1. The molecule has 0 saturated heterocycles. The Morgan fingerprint density at radius 3 is 2.85 bits per heavy atom. The molecule has 0 aliphatic carbocycles. The number of halogens is 2. The minimum absolute atomic E-state index is 0.122. The number of hydrogen-bond donors (Lipinski definition) is 2. The van der Waals surface area contributed by atoms with E-state index in [1.165, 1.54) is 29.5 Å². The van der Waals surface area contributed by atoms with Gasteiger partial charge in [-0.15, -0.1) is 11.3 Å². The summed E-state index contributed by atoms with van der Waals surface area (Å²) in [5.74, 6) is 0.290. The number of benzene rings is 2. The lowest BCUT2D eigenvalue weighted by Gasteiger charge is -2.09. The summed E-state index contributed by atoms with van der Waals surface area (Å²) in [5.41, 5.74) is 4.73. The monoisotopic (exact) mass is 384 g/mol. The Bertz CT molecular complexity index is 1090. The molecule has 1 amide bonds. The number of rotatable bonds is 5. The van der Waals surface area contributed by atoms with Crippen molar-refractivity contribution in [2.24, 2.45) is 0 Å². The van der Waals surface area contributed by atoms with E-state index in [4.69, 9.17) is 0 Å². The van der Waals surface area contributed by atoms with Gasteiger partial charge in [-0.2, -0.15) is 0 Å². The predicted molar refractivity (Wildman–Crippen MR) is 101 cm³/mol. The van der Waals surface area contributed by atoms with E-state index < -0.39 is 6.43 Å². The molecule has 0 bridgehead atoms. The third-order valence-electron chi connectivity index (χ3n) is 4.08. The van der Waals surface area contributed by atoms with Gasteiger partial charge in [0.25, 0.3) is 6.43 Å². The molecule has 0 aliphatic heterocycles. The fraction of sp³-hybridized carbons (Fsp3) is 0.105. The molecule has 0 atom stereocenters. The van der Waals surface area contributed by atoms with Gasteiger partial charge in [0.05, 0.1) is 23.0 Å². The molecule has 4 aromatic rings. The highest BCUT2D eigenvalue weighted by atomic mass is 32.1. The molecule has 8 heteroatoms. The van der Waals surface area contributed by atoms with Crippen LogP contribution >= 0.6 is 11.3 Å². The molecule has 2 heterocycles. The number of thiazole rings is 1. The lowest BCUT2D eigenvalue weighted by Crippen LogP contribution is -2.15. The Kier molecular flexibility index (Phi) is 4.64. The van der Waals surface area contributed by atoms with Crippen molar-refractivity contribution in [2.45, 2.75) is 12.8 Å². The molecule has 136 valence electrons. The van der Waals surface area contributed by atoms with E-state index in [2.05, 4.69) is 20.3 Å². The Hall–Kier alpha value is -3.13. The number of aromatic amines is 1. The first-order valence-electron chi connectivity index (χ1n) is 8.14. The van der Waals surface area contributed by atoms with Gasteiger partial charge in [-0.25, -0.2) is 18.7 Å². The van der Waals surface area contributed by atoms with E-state index in [0.717, 1.165) is 11.2 Å². The first-order chi connectivity index (χ1) is 13.1. The molecule has 2 aromatic heterocycles. The number of imidazole rings is 1. The molecular weight excluding hydrogens is 370 g/mol. The molecule has 0 spiro atoms. The standard InChI is InChI=1S/C19H14F2N4OS/c20-18(21)13-4-2-1-3-11(13)7-17(26)23-12-5-6-14-15(8-12)25-19(24-14)16-9-27-10-22-16/h1-6,8-10,18H,7H2,(H,23,26)(H,24,25). The van der Waals surface area contributed by atoms with Crippen molar-refractivity contribution in [3.63, 3.8) is 0 Å². The van der Waals surface area contributed by atoms with Crippen LogP contribution in [-0.2, 0) is 11.2 Å². The quantitative estimate of drug-likeness (QED) is 0.519. The van der Waals surface area contributed by atoms with Crippen LogP contribution in [0.1, 0.15) is 17.6 Å². The zero-order chi connectivity index (χ0) is 18.8. The van der Waals surface area contributed by atoms with Gasteiger partial charge >= 0.3 is 0 Å². The van der Waals surface area contributed by atoms with Gasteiger partial charge in [0, 0.05) is 16.6 Å². The number of nitrogens with zero attached hydrogens (tertiary/aromatic N) is 2. The largest absolute Gasteiger partial charge is 0.337 e. The maximum Gasteiger partial charge on any atom is 0.264 e. The second-order valence-electron chi connectivity index (χ2n) is 5.92. The molecule has 0 fully saturated rings. The molecule has 2 N–H and O–H groups in total. The lowest BCUT2D eigenvalue weighted by molar-refractivity contribution is -0.115. The SMILES string of the molecule is O=C(Cc1ccccc1C(F)F)Nc1ccc2[nH]c(-c3cscn3)nc2c1. The highest BCUT2D eigenvalue weighted by Gasteiger charge is 2.15. The van der Waals surface area contributed by atoms with Gasteiger partial charge in [-0.05, 0) is 23.8 Å². The maximum atomic E-state index is 13.1. The van der Waals surface area contributed by atoms with Crippen LogP contribution in [0.3, 0.4) is 0 Å². The van der Waals surface area contributed by atoms with Crippen LogP contribution in [0.15, 0.2) is 53.4 Å².